The third-order valence-electron chi connectivity index (χ3n) is 5.93. The third kappa shape index (κ3) is 6.03. The summed E-state index contributed by atoms with van der Waals surface area (Å²) >= 11 is 0. The first-order valence-electron chi connectivity index (χ1n) is 11.3. The molecule has 0 saturated carbocycles. The normalized spacial score (nSPS) is 15.3. The summed E-state index contributed by atoms with van der Waals surface area (Å²) in [5.41, 5.74) is 2.06. The zero-order valence-electron chi connectivity index (χ0n) is 19.3. The summed E-state index contributed by atoms with van der Waals surface area (Å²) in [5.74, 6) is -0.723. The molecule has 0 radical (unpaired) electrons. The summed E-state index contributed by atoms with van der Waals surface area (Å²) in [4.78, 5) is 39.7. The molecular formula is C27H26FN3O4. The van der Waals surface area contributed by atoms with Gasteiger partial charge in [-0.2, -0.15) is 0 Å². The molecule has 7 nitrogen and oxygen atoms in total. The second-order valence-corrected chi connectivity index (χ2v) is 8.35. The van der Waals surface area contributed by atoms with Crippen LogP contribution in [0.4, 0.5) is 15.8 Å². The molecule has 0 aromatic heterocycles. The molecule has 35 heavy (non-hydrogen) atoms. The van der Waals surface area contributed by atoms with E-state index in [0.717, 1.165) is 0 Å². The molecule has 1 fully saturated rings. The maximum atomic E-state index is 13.2. The number of methoxy groups -OCH3 is 1. The summed E-state index contributed by atoms with van der Waals surface area (Å²) in [7, 11) is 1.58. The summed E-state index contributed by atoms with van der Waals surface area (Å²) in [6, 6.07) is 19.0. The maximum absolute atomic E-state index is 13.2. The minimum Gasteiger partial charge on any atom is -0.497 e. The number of anilines is 2. The van der Waals surface area contributed by atoms with Crippen molar-refractivity contribution >= 4 is 29.1 Å². The van der Waals surface area contributed by atoms with Gasteiger partial charge in [-0.1, -0.05) is 0 Å². The lowest BCUT2D eigenvalue weighted by atomic mass is 9.96. The SMILES string of the molecule is COc1ccc(NC(=O)c2ccc(NC(=O)C3CCCN(C(=O)c4ccc(F)cc4)C3)cc2)cc1. The van der Waals surface area contributed by atoms with Crippen LogP contribution < -0.4 is 15.4 Å². The lowest BCUT2D eigenvalue weighted by Crippen LogP contribution is -2.43. The van der Waals surface area contributed by atoms with Gasteiger partial charge in [0.2, 0.25) is 5.91 Å². The fourth-order valence-electron chi connectivity index (χ4n) is 3.98. The van der Waals surface area contributed by atoms with Crippen LogP contribution in [0, 0.1) is 11.7 Å². The molecule has 0 bridgehead atoms. The van der Waals surface area contributed by atoms with Gasteiger partial charge >= 0.3 is 0 Å². The average molecular weight is 476 g/mol. The van der Waals surface area contributed by atoms with E-state index in [1.54, 1.807) is 60.5 Å². The Kier molecular flexibility index (Phi) is 7.40. The Labute approximate surface area is 202 Å². The van der Waals surface area contributed by atoms with Crippen LogP contribution in [0.3, 0.4) is 0 Å². The molecule has 0 aliphatic carbocycles. The minimum atomic E-state index is -0.401. The van der Waals surface area contributed by atoms with Gasteiger partial charge in [0, 0.05) is 35.6 Å². The predicted octanol–water partition coefficient (Wildman–Crippen LogP) is 4.58. The molecule has 1 aliphatic heterocycles. The first kappa shape index (κ1) is 23.9. The van der Waals surface area contributed by atoms with E-state index >= 15 is 0 Å². The van der Waals surface area contributed by atoms with Gasteiger partial charge in [-0.3, -0.25) is 14.4 Å². The number of likely N-dealkylation sites (tertiary alicyclic amines) is 1. The zero-order chi connectivity index (χ0) is 24.8. The molecule has 8 heteroatoms. The lowest BCUT2D eigenvalue weighted by Gasteiger charge is -2.32. The Morgan fingerprint density at radius 2 is 1.46 bits per heavy atom. The van der Waals surface area contributed by atoms with Crippen molar-refractivity contribution in [2.75, 3.05) is 30.8 Å². The molecule has 180 valence electrons. The molecule has 2 N–H and O–H groups in total. The topological polar surface area (TPSA) is 87.7 Å². The van der Waals surface area contributed by atoms with Crippen molar-refractivity contribution in [2.24, 2.45) is 5.92 Å². The van der Waals surface area contributed by atoms with Crippen molar-refractivity contribution in [3.05, 3.63) is 89.7 Å². The highest BCUT2D eigenvalue weighted by Gasteiger charge is 2.29. The van der Waals surface area contributed by atoms with Gasteiger partial charge in [-0.05, 0) is 85.6 Å². The number of halogens is 1. The molecule has 3 amide bonds. The molecule has 4 rings (SSSR count). The minimum absolute atomic E-state index is 0.183. The molecule has 3 aromatic rings. The number of amides is 3. The fraction of sp³-hybridized carbons (Fsp3) is 0.222. The van der Waals surface area contributed by atoms with E-state index < -0.39 is 5.82 Å². The number of carbonyl (C=O) groups is 3. The van der Waals surface area contributed by atoms with E-state index in [-0.39, 0.29) is 23.6 Å². The van der Waals surface area contributed by atoms with E-state index in [1.165, 1.54) is 24.3 Å². The Hall–Kier alpha value is -4.20. The number of carbonyl (C=O) groups excluding carboxylic acids is 3. The quantitative estimate of drug-likeness (QED) is 0.547. The van der Waals surface area contributed by atoms with Crippen molar-refractivity contribution in [3.8, 4) is 5.75 Å². The van der Waals surface area contributed by atoms with Gasteiger partial charge in [-0.25, -0.2) is 4.39 Å². The van der Waals surface area contributed by atoms with Crippen LogP contribution in [0.25, 0.3) is 0 Å². The number of hydrogen-bond donors (Lipinski definition) is 2. The molecule has 1 atom stereocenters. The van der Waals surface area contributed by atoms with Crippen molar-refractivity contribution in [1.82, 2.24) is 4.90 Å². The Bertz CT molecular complexity index is 1190. The van der Waals surface area contributed by atoms with Crippen LogP contribution in [0.15, 0.2) is 72.8 Å². The smallest absolute Gasteiger partial charge is 0.255 e. The lowest BCUT2D eigenvalue weighted by molar-refractivity contribution is -0.121. The molecule has 0 spiro atoms. The third-order valence-corrected chi connectivity index (χ3v) is 5.93. The van der Waals surface area contributed by atoms with Gasteiger partial charge in [0.15, 0.2) is 0 Å². The van der Waals surface area contributed by atoms with Gasteiger partial charge < -0.3 is 20.3 Å². The van der Waals surface area contributed by atoms with Gasteiger partial charge in [0.05, 0.1) is 13.0 Å². The summed E-state index contributed by atoms with van der Waals surface area (Å²) in [5, 5.41) is 5.69. The number of benzene rings is 3. The standard InChI is InChI=1S/C27H26FN3O4/c1-35-24-14-12-23(13-15-24)29-25(32)18-6-10-22(11-7-18)30-26(33)20-3-2-16-31(17-20)27(34)19-4-8-21(28)9-5-19/h4-15,20H,2-3,16-17H2,1H3,(H,29,32)(H,30,33). The van der Waals surface area contributed by atoms with E-state index in [4.69, 9.17) is 4.74 Å². The van der Waals surface area contributed by atoms with E-state index in [0.29, 0.717) is 54.2 Å². The summed E-state index contributed by atoms with van der Waals surface area (Å²) in [6.07, 6.45) is 1.37. The zero-order valence-corrected chi connectivity index (χ0v) is 19.3. The Morgan fingerprint density at radius 1 is 0.857 bits per heavy atom. The Morgan fingerprint density at radius 3 is 2.11 bits per heavy atom. The summed E-state index contributed by atoms with van der Waals surface area (Å²) < 4.78 is 18.3. The predicted molar refractivity (Wildman–Crippen MR) is 131 cm³/mol. The highest BCUT2D eigenvalue weighted by molar-refractivity contribution is 6.04. The van der Waals surface area contributed by atoms with Crippen LogP contribution in [0.5, 0.6) is 5.75 Å². The van der Waals surface area contributed by atoms with Crippen LogP contribution in [-0.4, -0.2) is 42.8 Å². The van der Waals surface area contributed by atoms with Crippen LogP contribution in [0.1, 0.15) is 33.6 Å². The highest BCUT2D eigenvalue weighted by Crippen LogP contribution is 2.22. The van der Waals surface area contributed by atoms with Crippen LogP contribution in [-0.2, 0) is 4.79 Å². The number of nitrogens with zero attached hydrogens (tertiary/aromatic N) is 1. The van der Waals surface area contributed by atoms with Crippen molar-refractivity contribution in [1.29, 1.82) is 0 Å². The van der Waals surface area contributed by atoms with Crippen molar-refractivity contribution in [2.45, 2.75) is 12.8 Å². The van der Waals surface area contributed by atoms with Crippen LogP contribution in [0.2, 0.25) is 0 Å². The second kappa shape index (κ2) is 10.8. The number of nitrogens with one attached hydrogen (secondary N) is 2. The molecule has 1 unspecified atom stereocenters. The van der Waals surface area contributed by atoms with E-state index in [1.807, 2.05) is 0 Å². The van der Waals surface area contributed by atoms with Crippen molar-refractivity contribution < 1.29 is 23.5 Å². The average Bonchev–Trinajstić information content (AvgIpc) is 2.89. The summed E-state index contributed by atoms with van der Waals surface area (Å²) in [6.45, 7) is 0.850. The molecular weight excluding hydrogens is 449 g/mol. The first-order valence-corrected chi connectivity index (χ1v) is 11.3. The number of hydrogen-bond acceptors (Lipinski definition) is 4. The molecule has 1 aliphatic rings. The fourth-order valence-corrected chi connectivity index (χ4v) is 3.98. The number of rotatable bonds is 6. The number of piperidine rings is 1. The van der Waals surface area contributed by atoms with Gasteiger partial charge in [-0.15, -0.1) is 0 Å². The van der Waals surface area contributed by atoms with Crippen LogP contribution >= 0.6 is 0 Å². The number of ether oxygens (including phenoxy) is 1. The second-order valence-electron chi connectivity index (χ2n) is 8.35. The van der Waals surface area contributed by atoms with E-state index in [9.17, 15) is 18.8 Å². The van der Waals surface area contributed by atoms with Gasteiger partial charge in [0.1, 0.15) is 11.6 Å². The Balaban J connectivity index is 1.33. The molecule has 1 saturated heterocycles. The van der Waals surface area contributed by atoms with E-state index in [2.05, 4.69) is 10.6 Å². The first-order chi connectivity index (χ1) is 16.9. The molecule has 1 heterocycles. The highest BCUT2D eigenvalue weighted by atomic mass is 19.1. The maximum Gasteiger partial charge on any atom is 0.255 e. The van der Waals surface area contributed by atoms with Crippen molar-refractivity contribution in [3.63, 3.8) is 0 Å². The monoisotopic (exact) mass is 475 g/mol. The van der Waals surface area contributed by atoms with Gasteiger partial charge in [0.25, 0.3) is 11.8 Å². The largest absolute Gasteiger partial charge is 0.497 e. The molecule has 3 aromatic carbocycles.